The van der Waals surface area contributed by atoms with Gasteiger partial charge in [0.1, 0.15) is 5.75 Å². The van der Waals surface area contributed by atoms with Gasteiger partial charge in [-0.1, -0.05) is 0 Å². The summed E-state index contributed by atoms with van der Waals surface area (Å²) in [5, 5.41) is 0. The third kappa shape index (κ3) is 2.30. The number of ether oxygens (including phenoxy) is 2. The Labute approximate surface area is 99.5 Å². The largest absolute Gasteiger partial charge is 0.497 e. The lowest BCUT2D eigenvalue weighted by Crippen LogP contribution is -2.10. The number of hydrogen-bond donors (Lipinski definition) is 0. The summed E-state index contributed by atoms with van der Waals surface area (Å²) in [6.45, 7) is 0. The molecule has 0 N–H and O–H groups in total. The van der Waals surface area contributed by atoms with Crippen LogP contribution in [0.1, 0.15) is 16.8 Å². The van der Waals surface area contributed by atoms with Crippen LogP contribution in [0.25, 0.3) is 0 Å². The van der Waals surface area contributed by atoms with E-state index in [0.717, 1.165) is 0 Å². The van der Waals surface area contributed by atoms with Crippen LogP contribution in [0.15, 0.2) is 24.3 Å². The third-order valence-electron chi connectivity index (χ3n) is 3.01. The highest BCUT2D eigenvalue weighted by atomic mass is 16.5. The van der Waals surface area contributed by atoms with Crippen LogP contribution in [0.5, 0.6) is 5.75 Å². The predicted octanol–water partition coefficient (Wildman–Crippen LogP) is 1.69. The van der Waals surface area contributed by atoms with E-state index in [-0.39, 0.29) is 23.6 Å². The van der Waals surface area contributed by atoms with Crippen molar-refractivity contribution in [2.45, 2.75) is 6.42 Å². The Balaban J connectivity index is 2.04. The van der Waals surface area contributed by atoms with Gasteiger partial charge >= 0.3 is 5.97 Å². The van der Waals surface area contributed by atoms with Crippen LogP contribution in [0.4, 0.5) is 0 Å². The van der Waals surface area contributed by atoms with E-state index in [9.17, 15) is 9.59 Å². The molecule has 90 valence electrons. The van der Waals surface area contributed by atoms with E-state index < -0.39 is 0 Å². The van der Waals surface area contributed by atoms with Crippen molar-refractivity contribution in [1.82, 2.24) is 0 Å². The minimum Gasteiger partial charge on any atom is -0.497 e. The lowest BCUT2D eigenvalue weighted by Gasteiger charge is -2.02. The van der Waals surface area contributed by atoms with Gasteiger partial charge < -0.3 is 9.47 Å². The van der Waals surface area contributed by atoms with Crippen molar-refractivity contribution < 1.29 is 19.1 Å². The zero-order valence-corrected chi connectivity index (χ0v) is 9.80. The molecule has 1 aliphatic rings. The van der Waals surface area contributed by atoms with Crippen LogP contribution < -0.4 is 4.74 Å². The molecule has 1 aliphatic carbocycles. The average Bonchev–Trinajstić information content (AvgIpc) is 3.17. The summed E-state index contributed by atoms with van der Waals surface area (Å²) in [5.74, 6) is -0.0489. The Morgan fingerprint density at radius 2 is 1.76 bits per heavy atom. The second-order valence-electron chi connectivity index (χ2n) is 4.06. The number of carbonyl (C=O) groups excluding carboxylic acids is 2. The van der Waals surface area contributed by atoms with Crippen molar-refractivity contribution in [3.05, 3.63) is 29.8 Å². The number of Topliss-reactive ketones (excluding diaryl/α,β-unsaturated/α-hetero) is 1. The van der Waals surface area contributed by atoms with Gasteiger partial charge in [-0.3, -0.25) is 9.59 Å². The minimum atomic E-state index is -0.295. The molecule has 4 heteroatoms. The molecule has 1 fully saturated rings. The van der Waals surface area contributed by atoms with Gasteiger partial charge in [0.05, 0.1) is 20.1 Å². The molecule has 0 aliphatic heterocycles. The normalized spacial score (nSPS) is 21.8. The van der Waals surface area contributed by atoms with Gasteiger partial charge in [0.25, 0.3) is 0 Å². The Bertz CT molecular complexity index is 435. The molecule has 0 amide bonds. The third-order valence-corrected chi connectivity index (χ3v) is 3.01. The topological polar surface area (TPSA) is 52.6 Å². The molecule has 2 unspecified atom stereocenters. The maximum atomic E-state index is 12.0. The lowest BCUT2D eigenvalue weighted by atomic mass is 10.1. The number of carbonyl (C=O) groups is 2. The second-order valence-corrected chi connectivity index (χ2v) is 4.06. The highest BCUT2D eigenvalue weighted by Gasteiger charge is 2.48. The van der Waals surface area contributed by atoms with Gasteiger partial charge in [-0.2, -0.15) is 0 Å². The van der Waals surface area contributed by atoms with Gasteiger partial charge in [0.2, 0.25) is 0 Å². The van der Waals surface area contributed by atoms with Crippen LogP contribution in [-0.4, -0.2) is 26.0 Å². The second kappa shape index (κ2) is 4.57. The first-order valence-electron chi connectivity index (χ1n) is 5.43. The quantitative estimate of drug-likeness (QED) is 0.587. The summed E-state index contributed by atoms with van der Waals surface area (Å²) in [7, 11) is 2.92. The van der Waals surface area contributed by atoms with Crippen LogP contribution in [0.3, 0.4) is 0 Å². The van der Waals surface area contributed by atoms with Gasteiger partial charge in [-0.05, 0) is 30.7 Å². The fourth-order valence-electron chi connectivity index (χ4n) is 1.87. The van der Waals surface area contributed by atoms with Gasteiger partial charge in [-0.25, -0.2) is 0 Å². The first kappa shape index (κ1) is 11.6. The molecule has 0 radical (unpaired) electrons. The van der Waals surface area contributed by atoms with Crippen LogP contribution >= 0.6 is 0 Å². The number of methoxy groups -OCH3 is 2. The summed E-state index contributed by atoms with van der Waals surface area (Å²) in [6, 6.07) is 6.91. The number of esters is 1. The zero-order chi connectivity index (χ0) is 12.4. The molecular weight excluding hydrogens is 220 g/mol. The average molecular weight is 234 g/mol. The first-order valence-corrected chi connectivity index (χ1v) is 5.43. The lowest BCUT2D eigenvalue weighted by molar-refractivity contribution is -0.142. The molecule has 1 aromatic rings. The Kier molecular flexibility index (Phi) is 3.13. The fraction of sp³-hybridized carbons (Fsp3) is 0.385. The molecule has 2 atom stereocenters. The number of ketones is 1. The fourth-order valence-corrected chi connectivity index (χ4v) is 1.87. The maximum absolute atomic E-state index is 12.0. The molecule has 0 bridgehead atoms. The van der Waals surface area contributed by atoms with Crippen molar-refractivity contribution in [3.63, 3.8) is 0 Å². The number of benzene rings is 1. The molecule has 0 aromatic heterocycles. The van der Waals surface area contributed by atoms with Gasteiger partial charge in [0.15, 0.2) is 5.78 Å². The summed E-state index contributed by atoms with van der Waals surface area (Å²) in [6.07, 6.45) is 0.595. The van der Waals surface area contributed by atoms with E-state index in [4.69, 9.17) is 4.74 Å². The molecule has 0 heterocycles. The summed E-state index contributed by atoms with van der Waals surface area (Å²) in [5.41, 5.74) is 0.613. The molecule has 0 saturated heterocycles. The highest BCUT2D eigenvalue weighted by molar-refractivity contribution is 6.02. The molecule has 1 saturated carbocycles. The van der Waals surface area contributed by atoms with E-state index in [1.54, 1.807) is 31.4 Å². The van der Waals surface area contributed by atoms with Gasteiger partial charge in [-0.15, -0.1) is 0 Å². The van der Waals surface area contributed by atoms with E-state index in [2.05, 4.69) is 4.74 Å². The van der Waals surface area contributed by atoms with E-state index in [0.29, 0.717) is 17.7 Å². The van der Waals surface area contributed by atoms with Crippen LogP contribution in [-0.2, 0) is 9.53 Å². The van der Waals surface area contributed by atoms with Crippen molar-refractivity contribution in [2.75, 3.05) is 14.2 Å². The highest BCUT2D eigenvalue weighted by Crippen LogP contribution is 2.41. The number of rotatable bonds is 4. The standard InChI is InChI=1S/C13H14O4/c1-16-9-5-3-8(4-6-9)12(14)10-7-11(10)13(15)17-2/h3-6,10-11H,7H2,1-2H3. The Morgan fingerprint density at radius 1 is 1.12 bits per heavy atom. The summed E-state index contributed by atoms with van der Waals surface area (Å²) in [4.78, 5) is 23.2. The smallest absolute Gasteiger partial charge is 0.309 e. The molecule has 4 nitrogen and oxygen atoms in total. The van der Waals surface area contributed by atoms with Crippen molar-refractivity contribution in [3.8, 4) is 5.75 Å². The van der Waals surface area contributed by atoms with Gasteiger partial charge in [0, 0.05) is 11.5 Å². The van der Waals surface area contributed by atoms with E-state index in [1.807, 2.05) is 0 Å². The summed E-state index contributed by atoms with van der Waals surface area (Å²) < 4.78 is 9.63. The first-order chi connectivity index (χ1) is 8.17. The van der Waals surface area contributed by atoms with Crippen molar-refractivity contribution in [1.29, 1.82) is 0 Å². The molecule has 0 spiro atoms. The molecular formula is C13H14O4. The monoisotopic (exact) mass is 234 g/mol. The minimum absolute atomic E-state index is 0.00283. The SMILES string of the molecule is COC(=O)C1CC1C(=O)c1ccc(OC)cc1. The van der Waals surface area contributed by atoms with Crippen LogP contribution in [0, 0.1) is 11.8 Å². The van der Waals surface area contributed by atoms with Crippen molar-refractivity contribution in [2.24, 2.45) is 11.8 Å². The summed E-state index contributed by atoms with van der Waals surface area (Å²) >= 11 is 0. The predicted molar refractivity (Wildman–Crippen MR) is 60.9 cm³/mol. The van der Waals surface area contributed by atoms with E-state index >= 15 is 0 Å². The number of hydrogen-bond acceptors (Lipinski definition) is 4. The Morgan fingerprint density at radius 3 is 2.29 bits per heavy atom. The maximum Gasteiger partial charge on any atom is 0.309 e. The zero-order valence-electron chi connectivity index (χ0n) is 9.80. The molecule has 1 aromatic carbocycles. The Hall–Kier alpha value is -1.84. The molecule has 2 rings (SSSR count). The van der Waals surface area contributed by atoms with Crippen molar-refractivity contribution >= 4 is 11.8 Å². The van der Waals surface area contributed by atoms with E-state index in [1.165, 1.54) is 7.11 Å². The molecule has 17 heavy (non-hydrogen) atoms. The van der Waals surface area contributed by atoms with Crippen LogP contribution in [0.2, 0.25) is 0 Å².